The van der Waals surface area contributed by atoms with Gasteiger partial charge in [-0.3, -0.25) is 9.78 Å². The average molecular weight is 431 g/mol. The van der Waals surface area contributed by atoms with E-state index in [0.717, 1.165) is 28.8 Å². The maximum Gasteiger partial charge on any atom is 0.417 e. The predicted octanol–water partition coefficient (Wildman–Crippen LogP) is 3.88. The molecular weight excluding hydrogens is 411 g/mol. The molecule has 162 valence electrons. The van der Waals surface area contributed by atoms with Crippen LogP contribution in [0.25, 0.3) is 10.9 Å². The summed E-state index contributed by atoms with van der Waals surface area (Å²) in [5.74, 6) is 0.0288. The average Bonchev–Trinajstić information content (AvgIpc) is 3.24. The Hall–Kier alpha value is -3.27. The van der Waals surface area contributed by atoms with Crippen molar-refractivity contribution < 1.29 is 22.7 Å². The van der Waals surface area contributed by atoms with Gasteiger partial charge in [-0.1, -0.05) is 0 Å². The zero-order chi connectivity index (χ0) is 22.3. The number of hydrogen-bond donors (Lipinski definition) is 1. The van der Waals surface area contributed by atoms with Crippen LogP contribution in [-0.2, 0) is 24.1 Å². The summed E-state index contributed by atoms with van der Waals surface area (Å²) in [6.07, 6.45) is -2.20. The minimum absolute atomic E-state index is 0.203. The molecule has 0 bridgehead atoms. The molecule has 31 heavy (non-hydrogen) atoms. The lowest BCUT2D eigenvalue weighted by molar-refractivity contribution is -0.137. The second-order valence-electron chi connectivity index (χ2n) is 7.27. The van der Waals surface area contributed by atoms with Gasteiger partial charge in [-0.05, 0) is 37.6 Å². The summed E-state index contributed by atoms with van der Waals surface area (Å²) in [5.41, 5.74) is 7.97. The number of nitrogens with zero attached hydrogens (tertiary/aromatic N) is 4. The SMILES string of the molecule is CCN(C(=O)c1cc2c3c(c(N)nc2cn1)COC3)[C@H](C)c1ccc(C(F)(F)F)cn1. The van der Waals surface area contributed by atoms with E-state index < -0.39 is 17.8 Å². The topological polar surface area (TPSA) is 94.2 Å². The Morgan fingerprint density at radius 3 is 2.61 bits per heavy atom. The maximum atomic E-state index is 13.2. The Balaban J connectivity index is 1.65. The van der Waals surface area contributed by atoms with E-state index in [2.05, 4.69) is 15.0 Å². The van der Waals surface area contributed by atoms with Gasteiger partial charge < -0.3 is 15.4 Å². The Kier molecular flexibility index (Phi) is 5.26. The predicted molar refractivity (Wildman–Crippen MR) is 107 cm³/mol. The van der Waals surface area contributed by atoms with Crippen LogP contribution in [0.4, 0.5) is 19.0 Å². The minimum Gasteiger partial charge on any atom is -0.383 e. The van der Waals surface area contributed by atoms with Crippen LogP contribution in [0.5, 0.6) is 0 Å². The molecule has 0 unspecified atom stereocenters. The largest absolute Gasteiger partial charge is 0.417 e. The molecule has 0 radical (unpaired) electrons. The molecule has 10 heteroatoms. The number of halogens is 3. The Bertz CT molecular complexity index is 1150. The first-order chi connectivity index (χ1) is 14.7. The van der Waals surface area contributed by atoms with Crippen molar-refractivity contribution in [2.24, 2.45) is 0 Å². The molecule has 4 rings (SSSR count). The van der Waals surface area contributed by atoms with Gasteiger partial charge in [0.2, 0.25) is 0 Å². The van der Waals surface area contributed by atoms with Gasteiger partial charge in [0.05, 0.1) is 42.2 Å². The third-order valence-electron chi connectivity index (χ3n) is 5.45. The van der Waals surface area contributed by atoms with Gasteiger partial charge >= 0.3 is 6.18 Å². The standard InChI is InChI=1S/C21H20F3N5O2/c1-3-29(11(2)16-5-4-12(7-26-16)21(22,23)24)20(30)17-6-13-14-9-31-10-15(14)19(25)28-18(13)8-27-17/h4-8,11H,3,9-10H2,1-2H3,(H2,25,28)/t11-/m1/s1. The first kappa shape index (κ1) is 21.0. The fourth-order valence-corrected chi connectivity index (χ4v) is 3.71. The summed E-state index contributed by atoms with van der Waals surface area (Å²) in [4.78, 5) is 27.2. The summed E-state index contributed by atoms with van der Waals surface area (Å²) >= 11 is 0. The number of anilines is 1. The molecular formula is C21H20F3N5O2. The highest BCUT2D eigenvalue weighted by Crippen LogP contribution is 2.32. The number of nitrogens with two attached hydrogens (primary N) is 1. The number of carbonyl (C=O) groups is 1. The second-order valence-corrected chi connectivity index (χ2v) is 7.27. The number of pyridine rings is 3. The van der Waals surface area contributed by atoms with Crippen molar-refractivity contribution in [2.75, 3.05) is 12.3 Å². The molecule has 0 fully saturated rings. The molecule has 1 aliphatic heterocycles. The monoisotopic (exact) mass is 431 g/mol. The Labute approximate surface area is 176 Å². The van der Waals surface area contributed by atoms with Gasteiger partial charge in [-0.25, -0.2) is 9.97 Å². The van der Waals surface area contributed by atoms with Gasteiger partial charge in [0.25, 0.3) is 5.91 Å². The number of alkyl halides is 3. The fraction of sp³-hybridized carbons (Fsp3) is 0.333. The maximum absolute atomic E-state index is 13.2. The van der Waals surface area contributed by atoms with Crippen molar-refractivity contribution in [1.82, 2.24) is 19.9 Å². The van der Waals surface area contributed by atoms with Gasteiger partial charge in [-0.15, -0.1) is 0 Å². The molecule has 3 aromatic rings. The highest BCUT2D eigenvalue weighted by Gasteiger charge is 2.31. The number of ether oxygens (including phenoxy) is 1. The quantitative estimate of drug-likeness (QED) is 0.674. The highest BCUT2D eigenvalue weighted by atomic mass is 19.4. The highest BCUT2D eigenvalue weighted by molar-refractivity contribution is 5.97. The number of fused-ring (bicyclic) bond motifs is 3. The molecule has 0 saturated carbocycles. The van der Waals surface area contributed by atoms with Crippen LogP contribution in [0.2, 0.25) is 0 Å². The first-order valence-corrected chi connectivity index (χ1v) is 9.69. The molecule has 4 heterocycles. The van der Waals surface area contributed by atoms with E-state index in [9.17, 15) is 18.0 Å². The Morgan fingerprint density at radius 2 is 1.97 bits per heavy atom. The number of rotatable bonds is 4. The van der Waals surface area contributed by atoms with Crippen LogP contribution >= 0.6 is 0 Å². The van der Waals surface area contributed by atoms with Crippen molar-refractivity contribution >= 4 is 22.6 Å². The molecule has 7 nitrogen and oxygen atoms in total. The third-order valence-corrected chi connectivity index (χ3v) is 5.45. The van der Waals surface area contributed by atoms with Crippen molar-refractivity contribution in [1.29, 1.82) is 0 Å². The van der Waals surface area contributed by atoms with Crippen LogP contribution in [0.1, 0.15) is 52.8 Å². The van der Waals surface area contributed by atoms with E-state index >= 15 is 0 Å². The minimum atomic E-state index is -4.47. The summed E-state index contributed by atoms with van der Waals surface area (Å²) in [7, 11) is 0. The molecule has 0 aromatic carbocycles. The van der Waals surface area contributed by atoms with E-state index in [0.29, 0.717) is 36.8 Å². The van der Waals surface area contributed by atoms with E-state index in [1.807, 2.05) is 0 Å². The number of amides is 1. The Morgan fingerprint density at radius 1 is 1.23 bits per heavy atom. The molecule has 2 N–H and O–H groups in total. The van der Waals surface area contributed by atoms with Crippen LogP contribution in [0.3, 0.4) is 0 Å². The first-order valence-electron chi connectivity index (χ1n) is 9.69. The van der Waals surface area contributed by atoms with Crippen LogP contribution in [0, 0.1) is 0 Å². The lowest BCUT2D eigenvalue weighted by atomic mass is 10.0. The molecule has 1 amide bonds. The zero-order valence-electron chi connectivity index (χ0n) is 16.9. The molecule has 1 aliphatic rings. The summed E-state index contributed by atoms with van der Waals surface area (Å²) < 4.78 is 43.9. The molecule has 0 spiro atoms. The van der Waals surface area contributed by atoms with Crippen LogP contribution in [0.15, 0.2) is 30.6 Å². The molecule has 3 aromatic heterocycles. The van der Waals surface area contributed by atoms with Crippen LogP contribution in [-0.4, -0.2) is 32.3 Å². The second kappa shape index (κ2) is 7.77. The fourth-order valence-electron chi connectivity index (χ4n) is 3.71. The zero-order valence-corrected chi connectivity index (χ0v) is 16.9. The smallest absolute Gasteiger partial charge is 0.383 e. The number of carbonyl (C=O) groups excluding carboxylic acids is 1. The third kappa shape index (κ3) is 3.78. The van der Waals surface area contributed by atoms with Gasteiger partial charge in [0.15, 0.2) is 0 Å². The van der Waals surface area contributed by atoms with Crippen molar-refractivity contribution in [3.8, 4) is 0 Å². The van der Waals surface area contributed by atoms with Gasteiger partial charge in [-0.2, -0.15) is 13.2 Å². The normalized spacial score (nSPS) is 14.5. The van der Waals surface area contributed by atoms with Crippen molar-refractivity contribution in [2.45, 2.75) is 39.3 Å². The summed E-state index contributed by atoms with van der Waals surface area (Å²) in [6, 6.07) is 3.36. The molecule has 0 saturated heterocycles. The van der Waals surface area contributed by atoms with Gasteiger partial charge in [0.1, 0.15) is 11.5 Å². The van der Waals surface area contributed by atoms with E-state index in [4.69, 9.17) is 10.5 Å². The lowest BCUT2D eigenvalue weighted by Crippen LogP contribution is -2.34. The van der Waals surface area contributed by atoms with Crippen LogP contribution < -0.4 is 5.73 Å². The molecule has 0 aliphatic carbocycles. The van der Waals surface area contributed by atoms with E-state index in [1.165, 1.54) is 17.2 Å². The number of aromatic nitrogens is 3. The summed E-state index contributed by atoms with van der Waals surface area (Å²) in [6.45, 7) is 4.57. The van der Waals surface area contributed by atoms with Gasteiger partial charge in [0, 0.05) is 23.7 Å². The van der Waals surface area contributed by atoms with Crippen molar-refractivity contribution in [3.63, 3.8) is 0 Å². The van der Waals surface area contributed by atoms with Crippen molar-refractivity contribution in [3.05, 3.63) is 58.7 Å². The summed E-state index contributed by atoms with van der Waals surface area (Å²) in [5, 5.41) is 0.747. The number of nitrogen functional groups attached to an aromatic ring is 1. The van der Waals surface area contributed by atoms with E-state index in [-0.39, 0.29) is 11.6 Å². The molecule has 1 atom stereocenters. The lowest BCUT2D eigenvalue weighted by Gasteiger charge is -2.27. The van der Waals surface area contributed by atoms with E-state index in [1.54, 1.807) is 19.9 Å². The number of hydrogen-bond acceptors (Lipinski definition) is 6.